The van der Waals surface area contributed by atoms with Gasteiger partial charge in [-0.05, 0) is 19.3 Å². The molecule has 7 radical (unpaired) electrons. The first-order chi connectivity index (χ1) is 16.2. The van der Waals surface area contributed by atoms with Crippen LogP contribution in [0.5, 0.6) is 0 Å². The third-order valence-corrected chi connectivity index (χ3v) is 3.28. The molecule has 34 heavy (non-hydrogen) atoms. The summed E-state index contributed by atoms with van der Waals surface area (Å²) in [5.74, 6) is 0. The quantitative estimate of drug-likeness (QED) is 0.122. The molecule has 0 atom stereocenters. The molecule has 0 aromatic heterocycles. The zero-order chi connectivity index (χ0) is 25.1. The Kier molecular flexibility index (Phi) is 57.1. The average molecular weight is 604 g/mol. The summed E-state index contributed by atoms with van der Waals surface area (Å²) in [5.41, 5.74) is 0. The van der Waals surface area contributed by atoms with Gasteiger partial charge in [0.1, 0.15) is 0 Å². The van der Waals surface area contributed by atoms with Gasteiger partial charge in [0.15, 0.2) is 0 Å². The van der Waals surface area contributed by atoms with Crippen LogP contribution in [0.4, 0.5) is 0 Å². The molecule has 0 fully saturated rings. The third kappa shape index (κ3) is 53.7. The van der Waals surface area contributed by atoms with E-state index in [9.17, 15) is 0 Å². The van der Waals surface area contributed by atoms with Crippen molar-refractivity contribution in [3.8, 4) is 0 Å². The SMILES string of the molecule is [CH2]CCOCCOCCOC.[CH2]CCOCCOCCOC.[CH2]CCOCCOCCOC.[HH].[Sn]. The Morgan fingerprint density at radius 3 is 0.706 bits per heavy atom. The molecule has 9 nitrogen and oxygen atoms in total. The van der Waals surface area contributed by atoms with Crippen LogP contribution in [0.1, 0.15) is 20.7 Å². The van der Waals surface area contributed by atoms with E-state index in [1.807, 2.05) is 0 Å². The van der Waals surface area contributed by atoms with Gasteiger partial charge in [0, 0.05) is 66.5 Å². The molecule has 0 aromatic rings. The zero-order valence-electron chi connectivity index (χ0n) is 22.0. The van der Waals surface area contributed by atoms with Crippen molar-refractivity contribution in [2.24, 2.45) is 0 Å². The van der Waals surface area contributed by atoms with Crippen LogP contribution in [0.2, 0.25) is 0 Å². The summed E-state index contributed by atoms with van der Waals surface area (Å²) in [6, 6.07) is 0. The van der Waals surface area contributed by atoms with E-state index in [0.29, 0.717) is 99.1 Å². The molecule has 0 heterocycles. The van der Waals surface area contributed by atoms with Gasteiger partial charge < -0.3 is 42.6 Å². The van der Waals surface area contributed by atoms with E-state index in [-0.39, 0.29) is 25.3 Å². The van der Waals surface area contributed by atoms with Crippen LogP contribution in [-0.4, -0.2) is 144 Å². The van der Waals surface area contributed by atoms with Crippen molar-refractivity contribution in [1.82, 2.24) is 0 Å². The van der Waals surface area contributed by atoms with Gasteiger partial charge in [0.2, 0.25) is 0 Å². The molecule has 0 saturated carbocycles. The Morgan fingerprint density at radius 1 is 0.353 bits per heavy atom. The molecule has 0 N–H and O–H groups in total. The molecule has 0 aromatic carbocycles. The predicted octanol–water partition coefficient (Wildman–Crippen LogP) is 2.54. The molecule has 0 spiro atoms. The fraction of sp³-hybridized carbons (Fsp3) is 0.875. The molecule has 0 aliphatic rings. The van der Waals surface area contributed by atoms with Crippen molar-refractivity contribution >= 4 is 23.9 Å². The first-order valence-electron chi connectivity index (χ1n) is 11.6. The van der Waals surface area contributed by atoms with Crippen LogP contribution in [0.25, 0.3) is 0 Å². The van der Waals surface area contributed by atoms with Crippen molar-refractivity contribution in [3.63, 3.8) is 0 Å². The largest absolute Gasteiger partial charge is 0.382 e. The first-order valence-corrected chi connectivity index (χ1v) is 11.6. The van der Waals surface area contributed by atoms with Crippen molar-refractivity contribution in [2.75, 3.05) is 120 Å². The van der Waals surface area contributed by atoms with Crippen LogP contribution >= 0.6 is 0 Å². The fourth-order valence-electron chi connectivity index (χ4n) is 1.70. The van der Waals surface area contributed by atoms with Crippen molar-refractivity contribution in [1.29, 1.82) is 0 Å². The second kappa shape index (κ2) is 46.7. The monoisotopic (exact) mass is 605 g/mol. The van der Waals surface area contributed by atoms with E-state index >= 15 is 0 Å². The zero-order valence-corrected chi connectivity index (χ0v) is 24.9. The standard InChI is InChI=1S/3C8H17O3.Sn.H2/c3*1-3-4-10-7-8-11-6-5-9-2;;/h3*1,3-8H2,2H3;;1H. The molecule has 0 bridgehead atoms. The van der Waals surface area contributed by atoms with Crippen LogP contribution in [0.15, 0.2) is 0 Å². The van der Waals surface area contributed by atoms with Gasteiger partial charge in [-0.15, -0.1) is 0 Å². The molecule has 0 amide bonds. The van der Waals surface area contributed by atoms with Gasteiger partial charge in [-0.25, -0.2) is 0 Å². The molecular weight excluding hydrogens is 551 g/mol. The van der Waals surface area contributed by atoms with Gasteiger partial charge in [-0.2, -0.15) is 0 Å². The Bertz CT molecular complexity index is 231. The fourth-order valence-corrected chi connectivity index (χ4v) is 1.70. The maximum Gasteiger partial charge on any atom is 0.0701 e. The van der Waals surface area contributed by atoms with Crippen molar-refractivity contribution < 1.29 is 44.1 Å². The van der Waals surface area contributed by atoms with E-state index in [0.717, 1.165) is 19.3 Å². The van der Waals surface area contributed by atoms with Crippen LogP contribution < -0.4 is 0 Å². The van der Waals surface area contributed by atoms with Crippen molar-refractivity contribution in [3.05, 3.63) is 20.8 Å². The number of rotatable bonds is 24. The molecule has 0 aliphatic carbocycles. The van der Waals surface area contributed by atoms with Crippen LogP contribution in [0, 0.1) is 20.8 Å². The van der Waals surface area contributed by atoms with E-state index in [1.165, 1.54) is 0 Å². The number of hydrogen-bond acceptors (Lipinski definition) is 9. The summed E-state index contributed by atoms with van der Waals surface area (Å²) in [5, 5.41) is 0. The minimum atomic E-state index is 0. The topological polar surface area (TPSA) is 83.1 Å². The molecule has 0 saturated heterocycles. The molecule has 0 rings (SSSR count). The second-order valence-electron chi connectivity index (χ2n) is 6.21. The maximum absolute atomic E-state index is 5.15. The smallest absolute Gasteiger partial charge is 0.0701 e. The maximum atomic E-state index is 5.15. The van der Waals surface area contributed by atoms with Gasteiger partial charge >= 0.3 is 0 Å². The summed E-state index contributed by atoms with van der Waals surface area (Å²) in [6.07, 6.45) is 2.45. The summed E-state index contributed by atoms with van der Waals surface area (Å²) in [7, 11) is 4.97. The normalized spacial score (nSPS) is 10.1. The molecule has 0 aliphatic heterocycles. The summed E-state index contributed by atoms with van der Waals surface area (Å²) < 4.78 is 45.2. The van der Waals surface area contributed by atoms with Gasteiger partial charge in [-0.1, -0.05) is 20.8 Å². The summed E-state index contributed by atoms with van der Waals surface area (Å²) in [4.78, 5) is 0. The number of hydrogen-bond donors (Lipinski definition) is 0. The molecule has 0 unspecified atom stereocenters. The Morgan fingerprint density at radius 2 is 0.529 bits per heavy atom. The van der Waals surface area contributed by atoms with E-state index in [2.05, 4.69) is 20.8 Å². The third-order valence-electron chi connectivity index (χ3n) is 3.28. The van der Waals surface area contributed by atoms with Gasteiger partial charge in [0.25, 0.3) is 0 Å². The van der Waals surface area contributed by atoms with Crippen LogP contribution in [0.3, 0.4) is 0 Å². The van der Waals surface area contributed by atoms with Crippen molar-refractivity contribution in [2.45, 2.75) is 19.3 Å². The van der Waals surface area contributed by atoms with Crippen LogP contribution in [-0.2, 0) is 42.6 Å². The molecular formula is C24H53O9Sn. The molecule has 10 heteroatoms. The minimum Gasteiger partial charge on any atom is -0.382 e. The van der Waals surface area contributed by atoms with Gasteiger partial charge in [-0.3, -0.25) is 0 Å². The summed E-state index contributed by atoms with van der Waals surface area (Å²) >= 11 is 0. The van der Waals surface area contributed by atoms with E-state index in [1.54, 1.807) is 21.3 Å². The second-order valence-corrected chi connectivity index (χ2v) is 6.21. The average Bonchev–Trinajstić information content (AvgIpc) is 2.83. The van der Waals surface area contributed by atoms with Gasteiger partial charge in [0.05, 0.1) is 79.3 Å². The number of ether oxygens (including phenoxy) is 9. The molecule has 207 valence electrons. The summed E-state index contributed by atoms with van der Waals surface area (Å²) in [6.45, 7) is 20.8. The Labute approximate surface area is 228 Å². The van der Waals surface area contributed by atoms with E-state index in [4.69, 9.17) is 42.6 Å². The Hall–Kier alpha value is 0.439. The number of methoxy groups -OCH3 is 3. The first kappa shape index (κ1) is 41.6. The predicted molar refractivity (Wildman–Crippen MR) is 138 cm³/mol. The van der Waals surface area contributed by atoms with E-state index < -0.39 is 0 Å². The minimum absolute atomic E-state index is 0. The Balaban J connectivity index is -0.000000125.